The van der Waals surface area contributed by atoms with E-state index >= 15 is 0 Å². The predicted molar refractivity (Wildman–Crippen MR) is 78.8 cm³/mol. The van der Waals surface area contributed by atoms with Gasteiger partial charge in [-0.05, 0) is 41.6 Å². The molecular formula is C17H15FN2. The fourth-order valence-corrected chi connectivity index (χ4v) is 2.54. The topological polar surface area (TPSA) is 38.9 Å². The summed E-state index contributed by atoms with van der Waals surface area (Å²) in [5, 5.41) is 2.06. The molecule has 0 spiro atoms. The first-order valence-corrected chi connectivity index (χ1v) is 6.47. The minimum atomic E-state index is -0.761. The molecule has 2 nitrogen and oxygen atoms in total. The van der Waals surface area contributed by atoms with E-state index in [1.165, 1.54) is 12.1 Å². The summed E-state index contributed by atoms with van der Waals surface area (Å²) in [6, 6.07) is 14.3. The lowest BCUT2D eigenvalue weighted by atomic mass is 9.83. The van der Waals surface area contributed by atoms with Crippen molar-refractivity contribution in [3.63, 3.8) is 0 Å². The molecule has 0 saturated carbocycles. The summed E-state index contributed by atoms with van der Waals surface area (Å²) in [5.74, 6) is -0.277. The van der Waals surface area contributed by atoms with Gasteiger partial charge in [-0.1, -0.05) is 30.3 Å². The van der Waals surface area contributed by atoms with E-state index in [0.29, 0.717) is 0 Å². The Morgan fingerprint density at radius 1 is 1.10 bits per heavy atom. The molecule has 0 radical (unpaired) electrons. The van der Waals surface area contributed by atoms with Crippen molar-refractivity contribution in [3.8, 4) is 0 Å². The molecule has 2 aromatic carbocycles. The monoisotopic (exact) mass is 266 g/mol. The summed E-state index contributed by atoms with van der Waals surface area (Å²) in [6.45, 7) is 1.90. The molecule has 1 aromatic heterocycles. The van der Waals surface area contributed by atoms with Gasteiger partial charge in [0.15, 0.2) is 0 Å². The van der Waals surface area contributed by atoms with Gasteiger partial charge in [0.05, 0.1) is 5.54 Å². The van der Waals surface area contributed by atoms with Crippen molar-refractivity contribution in [2.24, 2.45) is 5.73 Å². The second-order valence-corrected chi connectivity index (χ2v) is 5.12. The number of halogens is 1. The molecule has 0 amide bonds. The van der Waals surface area contributed by atoms with E-state index in [-0.39, 0.29) is 5.82 Å². The number of fused-ring (bicyclic) bond motifs is 1. The van der Waals surface area contributed by atoms with Gasteiger partial charge in [-0.15, -0.1) is 0 Å². The Morgan fingerprint density at radius 2 is 1.90 bits per heavy atom. The Bertz CT molecular complexity index is 760. The first-order chi connectivity index (χ1) is 9.59. The zero-order valence-electron chi connectivity index (χ0n) is 11.2. The first-order valence-electron chi connectivity index (χ1n) is 6.47. The highest BCUT2D eigenvalue weighted by Crippen LogP contribution is 2.32. The molecule has 0 aliphatic rings. The Kier molecular flexibility index (Phi) is 2.99. The molecule has 0 aliphatic carbocycles. The van der Waals surface area contributed by atoms with Gasteiger partial charge in [-0.2, -0.15) is 0 Å². The number of rotatable bonds is 2. The van der Waals surface area contributed by atoms with Gasteiger partial charge in [0, 0.05) is 17.8 Å². The fourth-order valence-electron chi connectivity index (χ4n) is 2.54. The highest BCUT2D eigenvalue weighted by molar-refractivity contribution is 5.86. The van der Waals surface area contributed by atoms with Crippen LogP contribution in [0.4, 0.5) is 4.39 Å². The highest BCUT2D eigenvalue weighted by Gasteiger charge is 2.25. The van der Waals surface area contributed by atoms with Crippen LogP contribution < -0.4 is 5.73 Å². The molecule has 100 valence electrons. The molecular weight excluding hydrogens is 251 g/mol. The Morgan fingerprint density at radius 3 is 2.70 bits per heavy atom. The summed E-state index contributed by atoms with van der Waals surface area (Å²) < 4.78 is 13.5. The molecule has 3 rings (SSSR count). The standard InChI is InChI=1S/C17H15FN2/c1-17(19,13-5-3-6-14(18)10-13)16-7-2-4-12-11-20-9-8-15(12)16/h2-11H,19H2,1H3. The largest absolute Gasteiger partial charge is 0.318 e. The van der Waals surface area contributed by atoms with Crippen LogP contribution in [0.1, 0.15) is 18.1 Å². The number of benzene rings is 2. The minimum absolute atomic E-state index is 0.277. The van der Waals surface area contributed by atoms with Gasteiger partial charge in [0.25, 0.3) is 0 Å². The molecule has 20 heavy (non-hydrogen) atoms. The highest BCUT2D eigenvalue weighted by atomic mass is 19.1. The van der Waals surface area contributed by atoms with Gasteiger partial charge in [0.1, 0.15) is 5.82 Å². The summed E-state index contributed by atoms with van der Waals surface area (Å²) in [7, 11) is 0. The van der Waals surface area contributed by atoms with E-state index in [1.807, 2.05) is 37.3 Å². The Balaban J connectivity index is 2.23. The average Bonchev–Trinajstić information content (AvgIpc) is 2.46. The van der Waals surface area contributed by atoms with E-state index in [9.17, 15) is 4.39 Å². The molecule has 1 heterocycles. The van der Waals surface area contributed by atoms with Crippen LogP contribution in [0.25, 0.3) is 10.8 Å². The van der Waals surface area contributed by atoms with Crippen molar-refractivity contribution >= 4 is 10.8 Å². The Labute approximate surface area is 117 Å². The summed E-state index contributed by atoms with van der Waals surface area (Å²) in [5.41, 5.74) is 7.46. The minimum Gasteiger partial charge on any atom is -0.318 e. The lowest BCUT2D eigenvalue weighted by Crippen LogP contribution is -2.34. The molecule has 3 aromatic rings. The van der Waals surface area contributed by atoms with Gasteiger partial charge in [0.2, 0.25) is 0 Å². The molecule has 0 saturated heterocycles. The lowest BCUT2D eigenvalue weighted by molar-refractivity contribution is 0.585. The van der Waals surface area contributed by atoms with Crippen molar-refractivity contribution in [2.75, 3.05) is 0 Å². The van der Waals surface area contributed by atoms with E-state index < -0.39 is 5.54 Å². The van der Waals surface area contributed by atoms with E-state index in [1.54, 1.807) is 18.5 Å². The third-order valence-electron chi connectivity index (χ3n) is 3.66. The quantitative estimate of drug-likeness (QED) is 0.769. The molecule has 0 bridgehead atoms. The maximum atomic E-state index is 13.5. The number of nitrogens with two attached hydrogens (primary N) is 1. The van der Waals surface area contributed by atoms with Crippen molar-refractivity contribution in [2.45, 2.75) is 12.5 Å². The van der Waals surface area contributed by atoms with Crippen LogP contribution in [0, 0.1) is 5.82 Å². The normalized spacial score (nSPS) is 14.2. The fraction of sp³-hybridized carbons (Fsp3) is 0.118. The summed E-state index contributed by atoms with van der Waals surface area (Å²) >= 11 is 0. The number of nitrogens with zero attached hydrogens (tertiary/aromatic N) is 1. The molecule has 0 aliphatic heterocycles. The third kappa shape index (κ3) is 2.06. The van der Waals surface area contributed by atoms with Crippen LogP contribution in [-0.2, 0) is 5.54 Å². The first kappa shape index (κ1) is 12.8. The second-order valence-electron chi connectivity index (χ2n) is 5.12. The SMILES string of the molecule is CC(N)(c1cccc(F)c1)c1cccc2cnccc12. The lowest BCUT2D eigenvalue weighted by Gasteiger charge is -2.27. The summed E-state index contributed by atoms with van der Waals surface area (Å²) in [4.78, 5) is 4.12. The Hall–Kier alpha value is -2.26. The molecule has 3 heteroatoms. The number of hydrogen-bond acceptors (Lipinski definition) is 2. The van der Waals surface area contributed by atoms with Crippen LogP contribution in [0.5, 0.6) is 0 Å². The van der Waals surface area contributed by atoms with Crippen LogP contribution in [0.2, 0.25) is 0 Å². The van der Waals surface area contributed by atoms with Crippen LogP contribution in [0.15, 0.2) is 60.9 Å². The van der Waals surface area contributed by atoms with E-state index in [0.717, 1.165) is 21.9 Å². The smallest absolute Gasteiger partial charge is 0.123 e. The molecule has 0 fully saturated rings. The molecule has 1 atom stereocenters. The average molecular weight is 266 g/mol. The van der Waals surface area contributed by atoms with Crippen molar-refractivity contribution in [1.29, 1.82) is 0 Å². The van der Waals surface area contributed by atoms with Crippen molar-refractivity contribution in [1.82, 2.24) is 4.98 Å². The van der Waals surface area contributed by atoms with E-state index in [2.05, 4.69) is 4.98 Å². The van der Waals surface area contributed by atoms with E-state index in [4.69, 9.17) is 5.73 Å². The van der Waals surface area contributed by atoms with Crippen LogP contribution in [0.3, 0.4) is 0 Å². The number of pyridine rings is 1. The zero-order valence-corrected chi connectivity index (χ0v) is 11.2. The zero-order chi connectivity index (χ0) is 14.2. The number of hydrogen-bond donors (Lipinski definition) is 1. The van der Waals surface area contributed by atoms with Gasteiger partial charge in [-0.25, -0.2) is 4.39 Å². The van der Waals surface area contributed by atoms with Crippen LogP contribution >= 0.6 is 0 Å². The van der Waals surface area contributed by atoms with Gasteiger partial charge < -0.3 is 5.73 Å². The molecule has 1 unspecified atom stereocenters. The number of aromatic nitrogens is 1. The second kappa shape index (κ2) is 4.69. The van der Waals surface area contributed by atoms with Crippen molar-refractivity contribution in [3.05, 3.63) is 77.9 Å². The van der Waals surface area contributed by atoms with Crippen molar-refractivity contribution < 1.29 is 4.39 Å². The van der Waals surface area contributed by atoms with Gasteiger partial charge >= 0.3 is 0 Å². The van der Waals surface area contributed by atoms with Gasteiger partial charge in [-0.3, -0.25) is 4.98 Å². The maximum Gasteiger partial charge on any atom is 0.123 e. The maximum absolute atomic E-state index is 13.5. The summed E-state index contributed by atoms with van der Waals surface area (Å²) in [6.07, 6.45) is 3.55. The molecule has 2 N–H and O–H groups in total. The third-order valence-corrected chi connectivity index (χ3v) is 3.66. The van der Waals surface area contributed by atoms with Crippen LogP contribution in [-0.4, -0.2) is 4.98 Å². The predicted octanol–water partition coefficient (Wildman–Crippen LogP) is 3.60.